The molecule has 1 saturated heterocycles. The number of ether oxygens (including phenoxy) is 2. The molecule has 3 aromatic rings. The third-order valence-electron chi connectivity index (χ3n) is 4.69. The summed E-state index contributed by atoms with van der Waals surface area (Å²) in [5.41, 5.74) is 0.293. The highest BCUT2D eigenvalue weighted by Gasteiger charge is 2.26. The molecule has 0 saturated carbocycles. The molecule has 3 heterocycles. The average Bonchev–Trinajstić information content (AvgIpc) is 3.41. The molecule has 1 fully saturated rings. The Morgan fingerprint density at radius 3 is 2.72 bits per heavy atom. The van der Waals surface area contributed by atoms with Crippen molar-refractivity contribution >= 4 is 44.6 Å². The fraction of sp³-hybridized carbons (Fsp3) is 0.316. The second-order valence-corrected chi connectivity index (χ2v) is 10.1. The second-order valence-electron chi connectivity index (χ2n) is 6.81. The number of morpholine rings is 1. The second kappa shape index (κ2) is 9.06. The van der Waals surface area contributed by atoms with Crippen molar-refractivity contribution < 1.29 is 27.2 Å². The van der Waals surface area contributed by atoms with Crippen molar-refractivity contribution in [2.24, 2.45) is 0 Å². The van der Waals surface area contributed by atoms with Gasteiger partial charge in [0.25, 0.3) is 10.0 Å². The van der Waals surface area contributed by atoms with Crippen molar-refractivity contribution in [1.82, 2.24) is 15.0 Å². The van der Waals surface area contributed by atoms with Crippen LogP contribution in [0.15, 0.2) is 33.7 Å². The van der Waals surface area contributed by atoms with E-state index in [4.69, 9.17) is 25.6 Å². The van der Waals surface area contributed by atoms with Gasteiger partial charge in [0, 0.05) is 18.0 Å². The molecule has 4 rings (SSSR count). The minimum absolute atomic E-state index is 0.0651. The third kappa shape index (κ3) is 4.58. The molecule has 0 bridgehead atoms. The third-order valence-corrected chi connectivity index (χ3v) is 7.67. The SMILES string of the molecule is COc1ccc(NS(=O)(=O)c2cc(-c3noc(C(=O)N4CCOCC4)n3)sc2C)cc1Cl. The van der Waals surface area contributed by atoms with E-state index in [1.165, 1.54) is 30.6 Å². The Kier molecular flexibility index (Phi) is 6.38. The summed E-state index contributed by atoms with van der Waals surface area (Å²) in [7, 11) is -2.44. The summed E-state index contributed by atoms with van der Waals surface area (Å²) in [6, 6.07) is 6.02. The van der Waals surface area contributed by atoms with E-state index in [2.05, 4.69) is 14.9 Å². The molecule has 10 nitrogen and oxygen atoms in total. The summed E-state index contributed by atoms with van der Waals surface area (Å²) in [6.45, 7) is 3.45. The van der Waals surface area contributed by atoms with E-state index < -0.39 is 10.0 Å². The quantitative estimate of drug-likeness (QED) is 0.550. The maximum absolute atomic E-state index is 12.9. The average molecular weight is 499 g/mol. The Balaban J connectivity index is 1.55. The van der Waals surface area contributed by atoms with Crippen LogP contribution in [0.25, 0.3) is 10.7 Å². The van der Waals surface area contributed by atoms with Gasteiger partial charge in [0.05, 0.1) is 35.9 Å². The summed E-state index contributed by atoms with van der Waals surface area (Å²) in [5, 5.41) is 4.13. The fourth-order valence-corrected chi connectivity index (χ4v) is 5.92. The van der Waals surface area contributed by atoms with Crippen molar-refractivity contribution in [3.8, 4) is 16.5 Å². The Morgan fingerprint density at radius 1 is 1.28 bits per heavy atom. The van der Waals surface area contributed by atoms with Crippen LogP contribution < -0.4 is 9.46 Å². The molecule has 0 radical (unpaired) electrons. The van der Waals surface area contributed by atoms with Crippen LogP contribution in [0.1, 0.15) is 15.6 Å². The molecule has 0 aliphatic carbocycles. The normalized spacial score (nSPS) is 14.4. The van der Waals surface area contributed by atoms with Gasteiger partial charge in [0.1, 0.15) is 10.6 Å². The lowest BCUT2D eigenvalue weighted by Gasteiger charge is -2.25. The lowest BCUT2D eigenvalue weighted by Crippen LogP contribution is -2.40. The molecule has 1 aromatic carbocycles. The van der Waals surface area contributed by atoms with Crippen LogP contribution in [-0.2, 0) is 14.8 Å². The zero-order valence-corrected chi connectivity index (χ0v) is 19.5. The van der Waals surface area contributed by atoms with Crippen molar-refractivity contribution in [2.45, 2.75) is 11.8 Å². The molecule has 0 spiro atoms. The van der Waals surface area contributed by atoms with Crippen molar-refractivity contribution in [2.75, 3.05) is 38.1 Å². The van der Waals surface area contributed by atoms with Gasteiger partial charge in [-0.3, -0.25) is 9.52 Å². The van der Waals surface area contributed by atoms with E-state index in [-0.39, 0.29) is 27.5 Å². The molecule has 2 aromatic heterocycles. The number of nitrogens with zero attached hydrogens (tertiary/aromatic N) is 3. The first-order valence-electron chi connectivity index (χ1n) is 9.46. The number of carbonyl (C=O) groups excluding carboxylic acids is 1. The predicted octanol–water partition coefficient (Wildman–Crippen LogP) is 3.04. The topological polar surface area (TPSA) is 124 Å². The molecule has 32 heavy (non-hydrogen) atoms. The highest BCUT2D eigenvalue weighted by molar-refractivity contribution is 7.93. The van der Waals surface area contributed by atoms with E-state index in [0.717, 1.165) is 0 Å². The number of nitrogens with one attached hydrogen (secondary N) is 1. The minimum Gasteiger partial charge on any atom is -0.495 e. The number of rotatable bonds is 6. The number of carbonyl (C=O) groups is 1. The van der Waals surface area contributed by atoms with Crippen LogP contribution in [0, 0.1) is 6.92 Å². The standard InChI is InChI=1S/C19H19ClN4O6S2/c1-11-16(32(26,27)23-12-3-4-14(28-2)13(20)9-12)10-15(31-11)17-21-18(30-22-17)19(25)24-5-7-29-8-6-24/h3-4,9-10,23H,5-8H2,1-2H3. The molecule has 1 aliphatic rings. The van der Waals surface area contributed by atoms with Crippen LogP contribution in [0.4, 0.5) is 5.69 Å². The highest BCUT2D eigenvalue weighted by atomic mass is 35.5. The van der Waals surface area contributed by atoms with Crippen molar-refractivity contribution in [1.29, 1.82) is 0 Å². The van der Waals surface area contributed by atoms with Gasteiger partial charge in [-0.1, -0.05) is 16.8 Å². The molecule has 1 N–H and O–H groups in total. The number of halogens is 1. The van der Waals surface area contributed by atoms with Crippen LogP contribution in [-0.4, -0.2) is 62.8 Å². The number of aromatic nitrogens is 2. The summed E-state index contributed by atoms with van der Waals surface area (Å²) in [4.78, 5) is 19.3. The number of benzene rings is 1. The van der Waals surface area contributed by atoms with E-state index in [1.807, 2.05) is 0 Å². The maximum atomic E-state index is 12.9. The van der Waals surface area contributed by atoms with Gasteiger partial charge in [0.2, 0.25) is 5.82 Å². The van der Waals surface area contributed by atoms with Gasteiger partial charge in [-0.2, -0.15) is 4.98 Å². The van der Waals surface area contributed by atoms with Gasteiger partial charge < -0.3 is 18.9 Å². The number of thiophene rings is 1. The summed E-state index contributed by atoms with van der Waals surface area (Å²) in [5.74, 6) is 0.0430. The molecule has 1 aliphatic heterocycles. The van der Waals surface area contributed by atoms with E-state index in [9.17, 15) is 13.2 Å². The van der Waals surface area contributed by atoms with Gasteiger partial charge in [-0.25, -0.2) is 8.42 Å². The predicted molar refractivity (Wildman–Crippen MR) is 118 cm³/mol. The monoisotopic (exact) mass is 498 g/mol. The largest absolute Gasteiger partial charge is 0.495 e. The zero-order valence-electron chi connectivity index (χ0n) is 17.1. The Bertz CT molecular complexity index is 1250. The first-order valence-corrected chi connectivity index (χ1v) is 12.1. The molecule has 13 heteroatoms. The molecule has 0 unspecified atom stereocenters. The van der Waals surface area contributed by atoms with Crippen LogP contribution in [0.2, 0.25) is 5.02 Å². The van der Waals surface area contributed by atoms with E-state index in [1.54, 1.807) is 24.0 Å². The lowest BCUT2D eigenvalue weighted by atomic mass is 10.3. The Labute approximate surface area is 193 Å². The molecular formula is C19H19ClN4O6S2. The van der Waals surface area contributed by atoms with Crippen LogP contribution >= 0.6 is 22.9 Å². The summed E-state index contributed by atoms with van der Waals surface area (Å²) >= 11 is 7.26. The number of methoxy groups -OCH3 is 1. The zero-order chi connectivity index (χ0) is 22.9. The van der Waals surface area contributed by atoms with E-state index >= 15 is 0 Å². The number of amides is 1. The molecule has 0 atom stereocenters. The number of hydrogen-bond donors (Lipinski definition) is 1. The Hall–Kier alpha value is -2.67. The Morgan fingerprint density at radius 2 is 2.03 bits per heavy atom. The first kappa shape index (κ1) is 22.5. The van der Waals surface area contributed by atoms with Gasteiger partial charge in [-0.05, 0) is 31.2 Å². The molecular weight excluding hydrogens is 480 g/mol. The summed E-state index contributed by atoms with van der Waals surface area (Å²) < 4.78 is 43.8. The smallest absolute Gasteiger partial charge is 0.316 e. The van der Waals surface area contributed by atoms with Gasteiger partial charge in [0.15, 0.2) is 0 Å². The van der Waals surface area contributed by atoms with Crippen LogP contribution in [0.5, 0.6) is 5.75 Å². The molecule has 170 valence electrons. The van der Waals surface area contributed by atoms with Gasteiger partial charge >= 0.3 is 11.8 Å². The maximum Gasteiger partial charge on any atom is 0.316 e. The highest BCUT2D eigenvalue weighted by Crippen LogP contribution is 2.34. The number of hydrogen-bond acceptors (Lipinski definition) is 9. The van der Waals surface area contributed by atoms with Crippen molar-refractivity contribution in [3.63, 3.8) is 0 Å². The first-order chi connectivity index (χ1) is 15.3. The minimum atomic E-state index is -3.91. The fourth-order valence-electron chi connectivity index (χ4n) is 3.09. The summed E-state index contributed by atoms with van der Waals surface area (Å²) in [6.07, 6.45) is 0. The van der Waals surface area contributed by atoms with Crippen molar-refractivity contribution in [3.05, 3.63) is 40.1 Å². The van der Waals surface area contributed by atoms with Gasteiger partial charge in [-0.15, -0.1) is 11.3 Å². The lowest BCUT2D eigenvalue weighted by molar-refractivity contribution is 0.0272. The molecule has 1 amide bonds. The van der Waals surface area contributed by atoms with Crippen LogP contribution in [0.3, 0.4) is 0 Å². The van der Waals surface area contributed by atoms with E-state index in [0.29, 0.717) is 47.5 Å². The number of anilines is 1. The number of sulfonamides is 1. The number of aryl methyl sites for hydroxylation is 1.